The summed E-state index contributed by atoms with van der Waals surface area (Å²) in [6, 6.07) is 14.2. The molecule has 2 heterocycles. The summed E-state index contributed by atoms with van der Waals surface area (Å²) in [5, 5.41) is 0. The van der Waals surface area contributed by atoms with Gasteiger partial charge < -0.3 is 14.5 Å². The van der Waals surface area contributed by atoms with Crippen molar-refractivity contribution in [3.63, 3.8) is 0 Å². The second kappa shape index (κ2) is 8.13. The number of hydrogen-bond donors (Lipinski definition) is 0. The van der Waals surface area contributed by atoms with Crippen molar-refractivity contribution >= 4 is 17.4 Å². The van der Waals surface area contributed by atoms with E-state index in [0.717, 1.165) is 61.2 Å². The molecule has 2 aromatic carbocycles. The lowest BCUT2D eigenvalue weighted by molar-refractivity contribution is -0.133. The van der Waals surface area contributed by atoms with Crippen LogP contribution in [0.25, 0.3) is 0 Å². The van der Waals surface area contributed by atoms with E-state index in [-0.39, 0.29) is 0 Å². The Balaban J connectivity index is 1.36. The number of fused-ring (bicyclic) bond motifs is 2. The van der Waals surface area contributed by atoms with E-state index in [1.807, 2.05) is 35.2 Å². The molecule has 1 aliphatic carbocycles. The Labute approximate surface area is 178 Å². The van der Waals surface area contributed by atoms with Gasteiger partial charge in [0.15, 0.2) is 5.75 Å². The fourth-order valence-electron chi connectivity index (χ4n) is 4.84. The van der Waals surface area contributed by atoms with Crippen molar-refractivity contribution < 1.29 is 9.53 Å². The zero-order valence-corrected chi connectivity index (χ0v) is 17.6. The molecule has 5 rings (SSSR count). The van der Waals surface area contributed by atoms with Crippen LogP contribution in [0.3, 0.4) is 0 Å². The number of ether oxygens (including phenoxy) is 1. The van der Waals surface area contributed by atoms with Crippen molar-refractivity contribution in [1.82, 2.24) is 9.80 Å². The molecule has 2 aromatic rings. The van der Waals surface area contributed by atoms with E-state index in [4.69, 9.17) is 9.73 Å². The molecule has 5 nitrogen and oxygen atoms in total. The summed E-state index contributed by atoms with van der Waals surface area (Å²) in [5.74, 6) is 3.49. The third kappa shape index (κ3) is 3.81. The number of carbonyl (C=O) groups excluding carboxylic acids is 1. The normalized spacial score (nSPS) is 18.9. The summed E-state index contributed by atoms with van der Waals surface area (Å²) in [7, 11) is 0. The van der Waals surface area contributed by atoms with E-state index in [0.29, 0.717) is 11.8 Å². The van der Waals surface area contributed by atoms with Crippen molar-refractivity contribution in [2.75, 3.05) is 26.2 Å². The van der Waals surface area contributed by atoms with Gasteiger partial charge in [-0.1, -0.05) is 36.6 Å². The highest BCUT2D eigenvalue weighted by molar-refractivity contribution is 6.04. The van der Waals surface area contributed by atoms with E-state index in [1.54, 1.807) is 0 Å². The van der Waals surface area contributed by atoms with Gasteiger partial charge in [0.1, 0.15) is 17.3 Å². The fraction of sp³-hybridized carbons (Fsp3) is 0.440. The first-order chi connectivity index (χ1) is 14.7. The molecule has 0 radical (unpaired) electrons. The Morgan fingerprint density at radius 2 is 1.80 bits per heavy atom. The van der Waals surface area contributed by atoms with Crippen LogP contribution in [-0.2, 0) is 4.79 Å². The number of amidine groups is 1. The van der Waals surface area contributed by atoms with Crippen LogP contribution in [0.15, 0.2) is 47.5 Å². The van der Waals surface area contributed by atoms with Crippen LogP contribution >= 0.6 is 0 Å². The predicted octanol–water partition coefficient (Wildman–Crippen LogP) is 4.90. The third-order valence-corrected chi connectivity index (χ3v) is 6.56. The number of rotatable bonds is 2. The Morgan fingerprint density at radius 3 is 2.60 bits per heavy atom. The third-order valence-electron chi connectivity index (χ3n) is 6.56. The van der Waals surface area contributed by atoms with Crippen LogP contribution in [0.1, 0.15) is 43.2 Å². The number of benzene rings is 2. The van der Waals surface area contributed by atoms with Gasteiger partial charge in [0.2, 0.25) is 5.91 Å². The average Bonchev–Trinajstić information content (AvgIpc) is 3.21. The molecule has 1 amide bonds. The molecular weight excluding hydrogens is 374 g/mol. The maximum absolute atomic E-state index is 12.8. The Bertz CT molecular complexity index is 970. The highest BCUT2D eigenvalue weighted by Crippen LogP contribution is 2.38. The lowest BCUT2D eigenvalue weighted by Gasteiger charge is -2.37. The van der Waals surface area contributed by atoms with Crippen molar-refractivity contribution in [2.45, 2.75) is 39.0 Å². The first-order valence-corrected chi connectivity index (χ1v) is 11.2. The Morgan fingerprint density at radius 1 is 1.03 bits per heavy atom. The maximum Gasteiger partial charge on any atom is 0.222 e. The van der Waals surface area contributed by atoms with Gasteiger partial charge in [-0.25, -0.2) is 4.99 Å². The van der Waals surface area contributed by atoms with E-state index in [1.165, 1.54) is 31.2 Å². The fourth-order valence-corrected chi connectivity index (χ4v) is 4.84. The molecule has 5 heteroatoms. The van der Waals surface area contributed by atoms with E-state index >= 15 is 0 Å². The standard InChI is InChI=1S/C25H29N3O2/c1-18-10-11-22-20(16-18)25(26-21-8-4-5-9-23(21)30-22)28-14-12-27(13-15-28)24(29)17-19-6-2-3-7-19/h4-5,8-11,16,19H,2-3,6-7,12-15,17H2,1H3. The SMILES string of the molecule is Cc1ccc2c(c1)C(N1CCN(C(=O)CC3CCCC3)CC1)=Nc1ccccc1O2. The van der Waals surface area contributed by atoms with Gasteiger partial charge >= 0.3 is 0 Å². The predicted molar refractivity (Wildman–Crippen MR) is 119 cm³/mol. The molecule has 30 heavy (non-hydrogen) atoms. The van der Waals surface area contributed by atoms with E-state index < -0.39 is 0 Å². The van der Waals surface area contributed by atoms with Crippen LogP contribution < -0.4 is 4.74 Å². The van der Waals surface area contributed by atoms with Crippen molar-refractivity contribution in [3.05, 3.63) is 53.6 Å². The van der Waals surface area contributed by atoms with Crippen molar-refractivity contribution in [2.24, 2.45) is 10.9 Å². The van der Waals surface area contributed by atoms with Crippen LogP contribution in [0, 0.1) is 12.8 Å². The van der Waals surface area contributed by atoms with E-state index in [2.05, 4.69) is 24.0 Å². The number of aryl methyl sites for hydroxylation is 1. The first-order valence-electron chi connectivity index (χ1n) is 11.2. The summed E-state index contributed by atoms with van der Waals surface area (Å²) in [6.45, 7) is 5.20. The molecule has 1 saturated carbocycles. The quantitative estimate of drug-likeness (QED) is 0.716. The van der Waals surface area contributed by atoms with Gasteiger partial charge in [-0.05, 0) is 49.9 Å². The van der Waals surface area contributed by atoms with Crippen LogP contribution in [-0.4, -0.2) is 47.7 Å². The summed E-state index contributed by atoms with van der Waals surface area (Å²) < 4.78 is 6.21. The Hall–Kier alpha value is -2.82. The van der Waals surface area contributed by atoms with Gasteiger partial charge in [-0.15, -0.1) is 0 Å². The minimum absolute atomic E-state index is 0.328. The monoisotopic (exact) mass is 403 g/mol. The molecule has 0 unspecified atom stereocenters. The average molecular weight is 404 g/mol. The molecule has 1 saturated heterocycles. The molecule has 0 aromatic heterocycles. The minimum Gasteiger partial charge on any atom is -0.454 e. The highest BCUT2D eigenvalue weighted by Gasteiger charge is 2.29. The number of hydrogen-bond acceptors (Lipinski definition) is 4. The van der Waals surface area contributed by atoms with Gasteiger partial charge in [0.25, 0.3) is 0 Å². The van der Waals surface area contributed by atoms with Crippen LogP contribution in [0.2, 0.25) is 0 Å². The van der Waals surface area contributed by atoms with Crippen LogP contribution in [0.4, 0.5) is 5.69 Å². The highest BCUT2D eigenvalue weighted by atomic mass is 16.5. The van der Waals surface area contributed by atoms with Gasteiger partial charge in [0.05, 0.1) is 5.56 Å². The second-order valence-electron chi connectivity index (χ2n) is 8.73. The molecule has 0 atom stereocenters. The summed E-state index contributed by atoms with van der Waals surface area (Å²) in [6.07, 6.45) is 5.74. The molecule has 156 valence electrons. The molecule has 2 fully saturated rings. The van der Waals surface area contributed by atoms with E-state index in [9.17, 15) is 4.79 Å². The second-order valence-corrected chi connectivity index (χ2v) is 8.73. The molecular formula is C25H29N3O2. The molecule has 0 spiro atoms. The number of aliphatic imine (C=N–C) groups is 1. The topological polar surface area (TPSA) is 45.1 Å². The lowest BCUT2D eigenvalue weighted by atomic mass is 10.0. The zero-order chi connectivity index (χ0) is 20.5. The van der Waals surface area contributed by atoms with Crippen LogP contribution in [0.5, 0.6) is 11.5 Å². The smallest absolute Gasteiger partial charge is 0.222 e. The maximum atomic E-state index is 12.8. The largest absolute Gasteiger partial charge is 0.454 e. The number of carbonyl (C=O) groups is 1. The molecule has 3 aliphatic rings. The summed E-state index contributed by atoms with van der Waals surface area (Å²) in [4.78, 5) is 22.1. The van der Waals surface area contributed by atoms with Gasteiger partial charge in [0, 0.05) is 32.6 Å². The van der Waals surface area contributed by atoms with Crippen molar-refractivity contribution in [3.8, 4) is 11.5 Å². The summed E-state index contributed by atoms with van der Waals surface area (Å²) >= 11 is 0. The van der Waals surface area contributed by atoms with Gasteiger partial charge in [-0.2, -0.15) is 0 Å². The first kappa shape index (κ1) is 19.2. The zero-order valence-electron chi connectivity index (χ0n) is 17.6. The molecule has 2 aliphatic heterocycles. The Kier molecular flexibility index (Phi) is 5.19. The van der Waals surface area contributed by atoms with Gasteiger partial charge in [-0.3, -0.25) is 4.79 Å². The molecule has 0 N–H and O–H groups in total. The number of amides is 1. The number of para-hydroxylation sites is 2. The minimum atomic E-state index is 0.328. The number of nitrogens with zero attached hydrogens (tertiary/aromatic N) is 3. The molecule has 0 bridgehead atoms. The number of piperazine rings is 1. The lowest BCUT2D eigenvalue weighted by Crippen LogP contribution is -2.51. The van der Waals surface area contributed by atoms with Crippen molar-refractivity contribution in [1.29, 1.82) is 0 Å². The summed E-state index contributed by atoms with van der Waals surface area (Å²) in [5.41, 5.74) is 3.06.